The molecular weight excluding hydrogens is 266 g/mol. The molecule has 0 bridgehead atoms. The van der Waals surface area contributed by atoms with Gasteiger partial charge in [-0.15, -0.1) is 4.73 Å². The molecule has 1 aromatic heterocycles. The second-order valence-corrected chi connectivity index (χ2v) is 5.34. The highest BCUT2D eigenvalue weighted by Crippen LogP contribution is 2.21. The second-order valence-electron chi connectivity index (χ2n) is 5.34. The number of rotatable bonds is 5. The highest BCUT2D eigenvalue weighted by Gasteiger charge is 2.06. The monoisotopic (exact) mass is 287 g/mol. The number of ether oxygens (including phenoxy) is 1. The molecular formula is C17H21NO3. The van der Waals surface area contributed by atoms with Crippen LogP contribution in [0.1, 0.15) is 43.0 Å². The Labute approximate surface area is 124 Å². The first-order valence-electron chi connectivity index (χ1n) is 7.16. The van der Waals surface area contributed by atoms with Gasteiger partial charge in [0.05, 0.1) is 5.69 Å². The number of aryl methyl sites for hydroxylation is 1. The van der Waals surface area contributed by atoms with Crippen LogP contribution in [0.3, 0.4) is 0 Å². The molecule has 21 heavy (non-hydrogen) atoms. The van der Waals surface area contributed by atoms with Gasteiger partial charge in [-0.1, -0.05) is 26.0 Å². The van der Waals surface area contributed by atoms with Gasteiger partial charge in [-0.05, 0) is 48.6 Å². The summed E-state index contributed by atoms with van der Waals surface area (Å²) in [6, 6.07) is 11.0. The molecule has 1 N–H and O–H groups in total. The third-order valence-electron chi connectivity index (χ3n) is 3.67. The number of hydrogen-bond acceptors (Lipinski definition) is 3. The van der Waals surface area contributed by atoms with Crippen molar-refractivity contribution in [1.82, 2.24) is 4.73 Å². The van der Waals surface area contributed by atoms with Crippen molar-refractivity contribution in [3.63, 3.8) is 0 Å². The normalized spacial score (nSPS) is 12.1. The molecule has 1 heterocycles. The topological polar surface area (TPSA) is 51.5 Å². The summed E-state index contributed by atoms with van der Waals surface area (Å²) in [7, 11) is 0. The van der Waals surface area contributed by atoms with Crippen molar-refractivity contribution in [2.75, 3.05) is 0 Å². The van der Waals surface area contributed by atoms with E-state index in [9.17, 15) is 10.0 Å². The Bertz CT molecular complexity index is 659. The van der Waals surface area contributed by atoms with Crippen LogP contribution in [0.4, 0.5) is 0 Å². The van der Waals surface area contributed by atoms with Crippen molar-refractivity contribution in [3.8, 4) is 5.75 Å². The zero-order valence-electron chi connectivity index (χ0n) is 12.7. The summed E-state index contributed by atoms with van der Waals surface area (Å²) >= 11 is 0. The van der Waals surface area contributed by atoms with Gasteiger partial charge in [0.25, 0.3) is 5.56 Å². The molecule has 4 heteroatoms. The lowest BCUT2D eigenvalue weighted by atomic mass is 9.99. The highest BCUT2D eigenvalue weighted by molar-refractivity contribution is 5.29. The van der Waals surface area contributed by atoms with Crippen molar-refractivity contribution in [1.29, 1.82) is 0 Å². The van der Waals surface area contributed by atoms with E-state index in [1.807, 2.05) is 31.2 Å². The van der Waals surface area contributed by atoms with E-state index in [-0.39, 0.29) is 6.61 Å². The fourth-order valence-electron chi connectivity index (χ4n) is 2.15. The van der Waals surface area contributed by atoms with Gasteiger partial charge < -0.3 is 9.94 Å². The zero-order valence-corrected chi connectivity index (χ0v) is 12.7. The van der Waals surface area contributed by atoms with E-state index in [0.29, 0.717) is 16.3 Å². The minimum Gasteiger partial charge on any atom is -0.487 e. The molecule has 1 atom stereocenters. The Morgan fingerprint density at radius 2 is 1.90 bits per heavy atom. The maximum absolute atomic E-state index is 11.5. The molecule has 112 valence electrons. The molecule has 1 unspecified atom stereocenters. The molecule has 0 aliphatic heterocycles. The smallest absolute Gasteiger partial charge is 0.283 e. The number of benzene rings is 1. The molecule has 4 nitrogen and oxygen atoms in total. The molecule has 0 radical (unpaired) electrons. The van der Waals surface area contributed by atoms with Crippen molar-refractivity contribution >= 4 is 0 Å². The molecule has 1 aromatic carbocycles. The van der Waals surface area contributed by atoms with Crippen LogP contribution in [0.2, 0.25) is 0 Å². The first-order chi connectivity index (χ1) is 10.0. The van der Waals surface area contributed by atoms with Crippen molar-refractivity contribution in [3.05, 3.63) is 63.6 Å². The summed E-state index contributed by atoms with van der Waals surface area (Å²) in [5.74, 6) is 1.24. The lowest BCUT2D eigenvalue weighted by Gasteiger charge is -2.12. The van der Waals surface area contributed by atoms with Gasteiger partial charge in [-0.3, -0.25) is 4.79 Å². The van der Waals surface area contributed by atoms with E-state index in [2.05, 4.69) is 13.8 Å². The van der Waals surface area contributed by atoms with Gasteiger partial charge >= 0.3 is 0 Å². The van der Waals surface area contributed by atoms with Gasteiger partial charge in [0.1, 0.15) is 12.4 Å². The Hall–Kier alpha value is -2.23. The van der Waals surface area contributed by atoms with Gasteiger partial charge in [-0.25, -0.2) is 0 Å². The maximum atomic E-state index is 11.5. The van der Waals surface area contributed by atoms with Gasteiger partial charge in [0.2, 0.25) is 0 Å². The Balaban J connectivity index is 2.08. The number of hydrogen-bond donors (Lipinski definition) is 1. The minimum absolute atomic E-state index is 0.149. The SMILES string of the molecule is CCC(C)c1ccc(OCc2cc(C)cc(=O)n2O)cc1. The van der Waals surface area contributed by atoms with Crippen molar-refractivity contribution in [2.45, 2.75) is 39.7 Å². The minimum atomic E-state index is -0.444. The molecule has 2 rings (SSSR count). The van der Waals surface area contributed by atoms with Crippen LogP contribution in [0.5, 0.6) is 5.75 Å². The molecule has 0 spiro atoms. The summed E-state index contributed by atoms with van der Waals surface area (Å²) in [4.78, 5) is 11.5. The molecule has 0 saturated heterocycles. The largest absolute Gasteiger partial charge is 0.487 e. The summed E-state index contributed by atoms with van der Waals surface area (Å²) in [6.07, 6.45) is 1.10. The average molecular weight is 287 g/mol. The van der Waals surface area contributed by atoms with E-state index in [1.54, 1.807) is 6.07 Å². The van der Waals surface area contributed by atoms with Crippen LogP contribution < -0.4 is 10.3 Å². The summed E-state index contributed by atoms with van der Waals surface area (Å²) < 4.78 is 6.26. The third-order valence-corrected chi connectivity index (χ3v) is 3.67. The molecule has 0 saturated carbocycles. The Morgan fingerprint density at radius 3 is 2.52 bits per heavy atom. The van der Waals surface area contributed by atoms with Gasteiger partial charge in [0.15, 0.2) is 0 Å². The Kier molecular flexibility index (Phi) is 4.68. The lowest BCUT2D eigenvalue weighted by molar-refractivity contribution is 0.147. The highest BCUT2D eigenvalue weighted by atomic mass is 16.5. The fraction of sp³-hybridized carbons (Fsp3) is 0.353. The predicted octanol–water partition coefficient (Wildman–Crippen LogP) is 3.49. The van der Waals surface area contributed by atoms with E-state index in [0.717, 1.165) is 17.7 Å². The van der Waals surface area contributed by atoms with E-state index < -0.39 is 5.56 Å². The van der Waals surface area contributed by atoms with Crippen molar-refractivity contribution in [2.24, 2.45) is 0 Å². The molecule has 0 fully saturated rings. The van der Waals surface area contributed by atoms with Crippen LogP contribution >= 0.6 is 0 Å². The summed E-state index contributed by atoms with van der Waals surface area (Å²) in [5.41, 5.74) is 2.07. The number of aromatic nitrogens is 1. The maximum Gasteiger partial charge on any atom is 0.283 e. The number of nitrogens with zero attached hydrogens (tertiary/aromatic N) is 1. The van der Waals surface area contributed by atoms with Crippen LogP contribution in [-0.4, -0.2) is 9.94 Å². The first kappa shape index (κ1) is 15.2. The van der Waals surface area contributed by atoms with E-state index in [1.165, 1.54) is 11.6 Å². The van der Waals surface area contributed by atoms with Crippen LogP contribution in [0.15, 0.2) is 41.2 Å². The van der Waals surface area contributed by atoms with Crippen LogP contribution in [-0.2, 0) is 6.61 Å². The third kappa shape index (κ3) is 3.66. The standard InChI is InChI=1S/C17H21NO3/c1-4-13(3)14-5-7-16(8-6-14)21-11-15-9-12(2)10-17(19)18(15)20/h5-10,13,20H,4,11H2,1-3H3. The van der Waals surface area contributed by atoms with Gasteiger partial charge in [0, 0.05) is 6.07 Å². The molecule has 0 aliphatic rings. The summed E-state index contributed by atoms with van der Waals surface area (Å²) in [5, 5.41) is 9.67. The van der Waals surface area contributed by atoms with E-state index >= 15 is 0 Å². The Morgan fingerprint density at radius 1 is 1.24 bits per heavy atom. The van der Waals surface area contributed by atoms with Crippen LogP contribution in [0.25, 0.3) is 0 Å². The zero-order chi connectivity index (χ0) is 15.4. The van der Waals surface area contributed by atoms with E-state index in [4.69, 9.17) is 4.74 Å². The molecule has 2 aromatic rings. The summed E-state index contributed by atoms with van der Waals surface area (Å²) in [6.45, 7) is 6.31. The second kappa shape index (κ2) is 6.48. The predicted molar refractivity (Wildman–Crippen MR) is 82.1 cm³/mol. The fourth-order valence-corrected chi connectivity index (χ4v) is 2.15. The molecule has 0 aliphatic carbocycles. The average Bonchev–Trinajstić information content (AvgIpc) is 2.49. The van der Waals surface area contributed by atoms with Gasteiger partial charge in [-0.2, -0.15) is 0 Å². The first-order valence-corrected chi connectivity index (χ1v) is 7.16. The lowest BCUT2D eigenvalue weighted by Crippen LogP contribution is -2.21. The quantitative estimate of drug-likeness (QED) is 0.856. The number of pyridine rings is 1. The van der Waals surface area contributed by atoms with Crippen molar-refractivity contribution < 1.29 is 9.94 Å². The molecule has 0 amide bonds. The van der Waals surface area contributed by atoms with Crippen LogP contribution in [0, 0.1) is 6.92 Å².